The molecule has 0 spiro atoms. The van der Waals surface area contributed by atoms with Gasteiger partial charge in [0.2, 0.25) is 0 Å². The SMILES string of the molecule is N#Cc1c([Se][Se]c2nc(N)c(Sc3ccc(Cl)cc3)c(N)c2C#N)nc(N)c(Sc2ccc(Cl)cc2)c1N. The number of hydrogen-bond donors (Lipinski definition) is 4. The first-order chi connectivity index (χ1) is 18.2. The van der Waals surface area contributed by atoms with Crippen LogP contribution in [0.5, 0.6) is 0 Å². The van der Waals surface area contributed by atoms with Gasteiger partial charge < -0.3 is 0 Å². The molecule has 190 valence electrons. The van der Waals surface area contributed by atoms with E-state index in [0.29, 0.717) is 29.0 Å². The number of halogens is 2. The monoisotopic (exact) mass is 710 g/mol. The first-order valence-electron chi connectivity index (χ1n) is 10.4. The molecule has 14 heteroatoms. The molecule has 0 aliphatic carbocycles. The van der Waals surface area contributed by atoms with Crippen molar-refractivity contribution >= 4 is 105 Å². The van der Waals surface area contributed by atoms with E-state index in [-0.39, 0.29) is 60.4 Å². The maximum atomic E-state index is 9.86. The van der Waals surface area contributed by atoms with E-state index < -0.39 is 0 Å². The Hall–Kier alpha value is -2.76. The molecule has 0 fully saturated rings. The van der Waals surface area contributed by atoms with Crippen LogP contribution in [0.1, 0.15) is 11.1 Å². The fourth-order valence-corrected chi connectivity index (χ4v) is 11.3. The van der Waals surface area contributed by atoms with Crippen molar-refractivity contribution in [3.8, 4) is 12.1 Å². The molecule has 4 aromatic rings. The number of rotatable bonds is 7. The molecule has 0 radical (unpaired) electrons. The van der Waals surface area contributed by atoms with Crippen molar-refractivity contribution in [2.24, 2.45) is 0 Å². The van der Waals surface area contributed by atoms with E-state index in [1.54, 1.807) is 24.3 Å². The van der Waals surface area contributed by atoms with Crippen molar-refractivity contribution < 1.29 is 0 Å². The number of nitrogens with zero attached hydrogens (tertiary/aromatic N) is 4. The van der Waals surface area contributed by atoms with Gasteiger partial charge in [0.15, 0.2) is 0 Å². The molecule has 4 rings (SSSR count). The van der Waals surface area contributed by atoms with E-state index in [1.807, 2.05) is 24.3 Å². The second kappa shape index (κ2) is 12.4. The summed E-state index contributed by atoms with van der Waals surface area (Å²) < 4.78 is 0.968. The third-order valence-corrected chi connectivity index (χ3v) is 14.1. The summed E-state index contributed by atoms with van der Waals surface area (Å²) in [7, 11) is 0. The fraction of sp³-hybridized carbons (Fsp3) is 0. The van der Waals surface area contributed by atoms with Crippen LogP contribution >= 0.6 is 46.7 Å². The van der Waals surface area contributed by atoms with Gasteiger partial charge in [-0.15, -0.1) is 0 Å². The summed E-state index contributed by atoms with van der Waals surface area (Å²) in [6, 6.07) is 18.7. The molecular weight excluding hydrogens is 693 g/mol. The molecule has 0 saturated carbocycles. The zero-order valence-corrected chi connectivity index (χ0v) is 25.7. The summed E-state index contributed by atoms with van der Waals surface area (Å²) in [5.41, 5.74) is 26.2. The Morgan fingerprint density at radius 1 is 0.632 bits per heavy atom. The van der Waals surface area contributed by atoms with Crippen LogP contribution in [-0.4, -0.2) is 36.2 Å². The molecule has 0 amide bonds. The van der Waals surface area contributed by atoms with Gasteiger partial charge in [-0.05, 0) is 0 Å². The average molecular weight is 709 g/mol. The van der Waals surface area contributed by atoms with Gasteiger partial charge >= 0.3 is 250 Å². The summed E-state index contributed by atoms with van der Waals surface area (Å²) in [5, 5.41) is 20.9. The van der Waals surface area contributed by atoms with Crippen LogP contribution in [0.4, 0.5) is 23.0 Å². The maximum absolute atomic E-state index is 9.86. The summed E-state index contributed by atoms with van der Waals surface area (Å²) in [5.74, 6) is 0.438. The Kier molecular flexibility index (Phi) is 9.22. The number of pyridine rings is 2. The van der Waals surface area contributed by atoms with E-state index in [1.165, 1.54) is 23.5 Å². The molecule has 0 atom stereocenters. The molecule has 0 unspecified atom stereocenters. The first kappa shape index (κ1) is 28.3. The van der Waals surface area contributed by atoms with Crippen LogP contribution < -0.4 is 32.1 Å². The topological polar surface area (TPSA) is 177 Å². The molecule has 2 heterocycles. The number of aromatic nitrogens is 2. The summed E-state index contributed by atoms with van der Waals surface area (Å²) >= 11 is 13.8. The third-order valence-electron chi connectivity index (χ3n) is 4.86. The van der Waals surface area contributed by atoms with Crippen LogP contribution in [0.15, 0.2) is 68.1 Å². The molecule has 0 bridgehead atoms. The van der Waals surface area contributed by atoms with Crippen molar-refractivity contribution in [1.82, 2.24) is 9.97 Å². The summed E-state index contributed by atoms with van der Waals surface area (Å²) in [4.78, 5) is 11.7. The molecule has 38 heavy (non-hydrogen) atoms. The number of anilines is 4. The molecule has 0 aliphatic heterocycles. The Morgan fingerprint density at radius 3 is 1.29 bits per heavy atom. The van der Waals surface area contributed by atoms with Crippen molar-refractivity contribution in [3.05, 3.63) is 69.7 Å². The number of benzene rings is 2. The molecule has 0 aliphatic rings. The van der Waals surface area contributed by atoms with Gasteiger partial charge in [0, 0.05) is 0 Å². The van der Waals surface area contributed by atoms with Crippen molar-refractivity contribution in [2.75, 3.05) is 22.9 Å². The van der Waals surface area contributed by atoms with E-state index in [2.05, 4.69) is 22.1 Å². The average Bonchev–Trinajstić information content (AvgIpc) is 2.89. The normalized spacial score (nSPS) is 10.6. The van der Waals surface area contributed by atoms with E-state index in [4.69, 9.17) is 46.1 Å². The van der Waals surface area contributed by atoms with Gasteiger partial charge in [-0.1, -0.05) is 0 Å². The van der Waals surface area contributed by atoms with Crippen LogP contribution in [0.3, 0.4) is 0 Å². The first-order valence-corrected chi connectivity index (χ1v) is 18.8. The van der Waals surface area contributed by atoms with Gasteiger partial charge in [-0.3, -0.25) is 0 Å². The number of nitrogen functional groups attached to an aromatic ring is 4. The molecule has 8 N–H and O–H groups in total. The molecule has 0 saturated heterocycles. The molecular formula is C24H16Cl2N8S2Se2. The number of hydrogen-bond acceptors (Lipinski definition) is 10. The minimum absolute atomic E-state index is 0.219. The predicted octanol–water partition coefficient (Wildman–Crippen LogP) is 3.43. The van der Waals surface area contributed by atoms with Gasteiger partial charge in [0.05, 0.1) is 0 Å². The number of nitriles is 2. The van der Waals surface area contributed by atoms with Gasteiger partial charge in [0.25, 0.3) is 0 Å². The Balaban J connectivity index is 1.61. The van der Waals surface area contributed by atoms with Crippen LogP contribution in [0.2, 0.25) is 10.0 Å². The second-order valence-corrected chi connectivity index (χ2v) is 16.3. The van der Waals surface area contributed by atoms with E-state index in [9.17, 15) is 10.5 Å². The van der Waals surface area contributed by atoms with Crippen LogP contribution in [0.25, 0.3) is 0 Å². The van der Waals surface area contributed by atoms with Crippen LogP contribution in [-0.2, 0) is 0 Å². The van der Waals surface area contributed by atoms with Crippen molar-refractivity contribution in [2.45, 2.75) is 19.6 Å². The second-order valence-electron chi connectivity index (χ2n) is 7.34. The fourth-order valence-electron chi connectivity index (χ4n) is 3.04. The van der Waals surface area contributed by atoms with Gasteiger partial charge in [-0.25, -0.2) is 0 Å². The molecule has 2 aromatic heterocycles. The Morgan fingerprint density at radius 2 is 0.974 bits per heavy atom. The Labute approximate surface area is 248 Å². The standard InChI is InChI=1S/C24H16Cl2N8S2Se2/c25-11-1-5-13(6-2-11)35-19-17(29)15(9-27)23(33-21(19)31)37-38-24-16(10-28)18(30)20(22(32)34-24)36-14-7-3-12(26)4-8-14/h1-8H,(H4,29,31,33)(H4,30,32,34). The van der Waals surface area contributed by atoms with E-state index in [0.717, 1.165) is 9.79 Å². The quantitative estimate of drug-likeness (QED) is 0.208. The zero-order chi connectivity index (χ0) is 27.4. The molecule has 8 nitrogen and oxygen atoms in total. The summed E-state index contributed by atoms with van der Waals surface area (Å²) in [6.07, 6.45) is 0. The predicted molar refractivity (Wildman–Crippen MR) is 157 cm³/mol. The van der Waals surface area contributed by atoms with Crippen LogP contribution in [0, 0.1) is 22.7 Å². The Bertz CT molecular complexity index is 1480. The zero-order valence-electron chi connectivity index (χ0n) is 19.1. The molecule has 2 aromatic carbocycles. The number of nitrogens with two attached hydrogens (primary N) is 4. The third kappa shape index (κ3) is 6.27. The van der Waals surface area contributed by atoms with Gasteiger partial charge in [-0.2, -0.15) is 0 Å². The van der Waals surface area contributed by atoms with E-state index >= 15 is 0 Å². The van der Waals surface area contributed by atoms with Crippen molar-refractivity contribution in [1.29, 1.82) is 10.5 Å². The van der Waals surface area contributed by atoms with Crippen molar-refractivity contribution in [3.63, 3.8) is 0 Å². The minimum atomic E-state index is -0.383. The van der Waals surface area contributed by atoms with Gasteiger partial charge in [0.1, 0.15) is 0 Å². The summed E-state index contributed by atoms with van der Waals surface area (Å²) in [6.45, 7) is 0.